The molecule has 0 atom stereocenters. The molecule has 0 aliphatic heterocycles. The molecule has 2 rings (SSSR count). The highest BCUT2D eigenvalue weighted by Crippen LogP contribution is 2.08. The second-order valence-electron chi connectivity index (χ2n) is 4.36. The molecule has 0 aliphatic rings. The summed E-state index contributed by atoms with van der Waals surface area (Å²) in [6.07, 6.45) is 0.653. The molecule has 5 nitrogen and oxygen atoms in total. The first-order valence-corrected chi connectivity index (χ1v) is 6.50. The van der Waals surface area contributed by atoms with E-state index in [-0.39, 0.29) is 6.61 Å². The third-order valence-electron chi connectivity index (χ3n) is 2.94. The van der Waals surface area contributed by atoms with E-state index in [1.54, 1.807) is 0 Å². The molecule has 0 fully saturated rings. The summed E-state index contributed by atoms with van der Waals surface area (Å²) in [6, 6.07) is 10.0. The molecule has 1 heterocycles. The van der Waals surface area contributed by atoms with E-state index in [9.17, 15) is 0 Å². The summed E-state index contributed by atoms with van der Waals surface area (Å²) in [6.45, 7) is 4.26. The summed E-state index contributed by atoms with van der Waals surface area (Å²) < 4.78 is 5.24. The number of hydrogen-bond acceptors (Lipinski definition) is 5. The minimum Gasteiger partial charge on any atom is -0.395 e. The minimum atomic E-state index is 0.141. The Balaban J connectivity index is 1.95. The van der Waals surface area contributed by atoms with Gasteiger partial charge in [-0.3, -0.25) is 4.90 Å². The maximum atomic E-state index is 8.94. The fourth-order valence-electron chi connectivity index (χ4n) is 1.89. The van der Waals surface area contributed by atoms with Crippen molar-refractivity contribution >= 4 is 0 Å². The van der Waals surface area contributed by atoms with E-state index < -0.39 is 0 Å². The standard InChI is InChI=1S/C14H19N3O2/c1-2-17(8-9-18)11-13-15-14(19-16-13)10-12-6-4-3-5-7-12/h3-7,18H,2,8-11H2,1H3. The molecular formula is C14H19N3O2. The van der Waals surface area contributed by atoms with Crippen LogP contribution in [0.1, 0.15) is 24.2 Å². The highest BCUT2D eigenvalue weighted by molar-refractivity contribution is 5.17. The highest BCUT2D eigenvalue weighted by Gasteiger charge is 2.10. The molecule has 0 aliphatic carbocycles. The number of likely N-dealkylation sites (N-methyl/N-ethyl adjacent to an activating group) is 1. The van der Waals surface area contributed by atoms with Crippen LogP contribution in [0.5, 0.6) is 0 Å². The fraction of sp³-hybridized carbons (Fsp3) is 0.429. The Hall–Kier alpha value is -1.72. The molecule has 102 valence electrons. The van der Waals surface area contributed by atoms with Gasteiger partial charge in [0, 0.05) is 6.54 Å². The molecule has 0 radical (unpaired) electrons. The molecule has 0 unspecified atom stereocenters. The molecule has 1 aromatic carbocycles. The maximum absolute atomic E-state index is 8.94. The van der Waals surface area contributed by atoms with Crippen LogP contribution in [0, 0.1) is 0 Å². The van der Waals surface area contributed by atoms with Crippen LogP contribution in [0.25, 0.3) is 0 Å². The normalized spacial score (nSPS) is 11.1. The van der Waals surface area contributed by atoms with Gasteiger partial charge in [-0.1, -0.05) is 42.4 Å². The fourth-order valence-corrected chi connectivity index (χ4v) is 1.89. The molecule has 0 amide bonds. The van der Waals surface area contributed by atoms with Crippen LogP contribution in [0.4, 0.5) is 0 Å². The lowest BCUT2D eigenvalue weighted by molar-refractivity contribution is 0.192. The summed E-state index contributed by atoms with van der Waals surface area (Å²) in [7, 11) is 0. The summed E-state index contributed by atoms with van der Waals surface area (Å²) in [5.74, 6) is 1.29. The van der Waals surface area contributed by atoms with Crippen molar-refractivity contribution in [3.8, 4) is 0 Å². The zero-order valence-electron chi connectivity index (χ0n) is 11.1. The molecule has 2 aromatic rings. The number of nitrogens with zero attached hydrogens (tertiary/aromatic N) is 3. The number of aromatic nitrogens is 2. The van der Waals surface area contributed by atoms with Gasteiger partial charge in [0.15, 0.2) is 5.82 Å². The Morgan fingerprint density at radius 3 is 2.74 bits per heavy atom. The number of aliphatic hydroxyl groups excluding tert-OH is 1. The van der Waals surface area contributed by atoms with E-state index in [1.807, 2.05) is 37.3 Å². The molecule has 1 aromatic heterocycles. The maximum Gasteiger partial charge on any atom is 0.231 e. The van der Waals surface area contributed by atoms with Crippen LogP contribution in [-0.4, -0.2) is 39.8 Å². The summed E-state index contributed by atoms with van der Waals surface area (Å²) in [4.78, 5) is 6.44. The van der Waals surface area contributed by atoms with Crippen molar-refractivity contribution in [1.29, 1.82) is 0 Å². The molecule has 5 heteroatoms. The first-order valence-electron chi connectivity index (χ1n) is 6.50. The van der Waals surface area contributed by atoms with Gasteiger partial charge >= 0.3 is 0 Å². The molecular weight excluding hydrogens is 242 g/mol. The van der Waals surface area contributed by atoms with Crippen LogP contribution in [0.15, 0.2) is 34.9 Å². The van der Waals surface area contributed by atoms with Crippen molar-refractivity contribution in [3.05, 3.63) is 47.6 Å². The van der Waals surface area contributed by atoms with Gasteiger partial charge in [-0.2, -0.15) is 4.98 Å². The first kappa shape index (κ1) is 13.7. The number of hydrogen-bond donors (Lipinski definition) is 1. The van der Waals surface area contributed by atoms with E-state index in [0.717, 1.165) is 12.1 Å². The van der Waals surface area contributed by atoms with Crippen LogP contribution in [0.2, 0.25) is 0 Å². The second kappa shape index (κ2) is 7.01. The lowest BCUT2D eigenvalue weighted by atomic mass is 10.1. The van der Waals surface area contributed by atoms with Crippen molar-refractivity contribution in [3.63, 3.8) is 0 Å². The topological polar surface area (TPSA) is 62.4 Å². The highest BCUT2D eigenvalue weighted by atomic mass is 16.5. The lowest BCUT2D eigenvalue weighted by Gasteiger charge is -2.16. The molecule has 0 spiro atoms. The van der Waals surface area contributed by atoms with E-state index >= 15 is 0 Å². The minimum absolute atomic E-state index is 0.141. The average Bonchev–Trinajstić information content (AvgIpc) is 2.86. The Bertz CT molecular complexity index is 484. The van der Waals surface area contributed by atoms with Crippen molar-refractivity contribution in [2.45, 2.75) is 19.9 Å². The smallest absolute Gasteiger partial charge is 0.231 e. The Labute approximate surface area is 112 Å². The molecule has 1 N–H and O–H groups in total. The summed E-state index contributed by atoms with van der Waals surface area (Å²) >= 11 is 0. The van der Waals surface area contributed by atoms with Crippen molar-refractivity contribution in [2.24, 2.45) is 0 Å². The zero-order valence-corrected chi connectivity index (χ0v) is 11.1. The van der Waals surface area contributed by atoms with Gasteiger partial charge in [0.05, 0.1) is 19.6 Å². The van der Waals surface area contributed by atoms with Gasteiger partial charge in [0.1, 0.15) is 0 Å². The number of rotatable bonds is 7. The van der Waals surface area contributed by atoms with Crippen molar-refractivity contribution < 1.29 is 9.63 Å². The largest absolute Gasteiger partial charge is 0.395 e. The van der Waals surface area contributed by atoms with Gasteiger partial charge in [0.2, 0.25) is 5.89 Å². The van der Waals surface area contributed by atoms with Crippen LogP contribution in [-0.2, 0) is 13.0 Å². The van der Waals surface area contributed by atoms with Gasteiger partial charge in [0.25, 0.3) is 0 Å². The van der Waals surface area contributed by atoms with Gasteiger partial charge < -0.3 is 9.63 Å². The zero-order chi connectivity index (χ0) is 13.5. The SMILES string of the molecule is CCN(CCO)Cc1noc(Cc2ccccc2)n1. The monoisotopic (exact) mass is 261 g/mol. The Morgan fingerprint density at radius 1 is 1.26 bits per heavy atom. The van der Waals surface area contributed by atoms with E-state index in [0.29, 0.717) is 31.2 Å². The molecule has 0 saturated carbocycles. The predicted molar refractivity (Wildman–Crippen MR) is 71.6 cm³/mol. The third-order valence-corrected chi connectivity index (χ3v) is 2.94. The average molecular weight is 261 g/mol. The Kier molecular flexibility index (Phi) is 5.06. The van der Waals surface area contributed by atoms with Gasteiger partial charge in [-0.15, -0.1) is 0 Å². The first-order chi connectivity index (χ1) is 9.31. The summed E-state index contributed by atoms with van der Waals surface area (Å²) in [5, 5.41) is 12.9. The lowest BCUT2D eigenvalue weighted by Crippen LogP contribution is -2.26. The van der Waals surface area contributed by atoms with Gasteiger partial charge in [-0.25, -0.2) is 0 Å². The molecule has 0 bridgehead atoms. The number of benzene rings is 1. The van der Waals surface area contributed by atoms with Crippen molar-refractivity contribution in [2.75, 3.05) is 19.7 Å². The van der Waals surface area contributed by atoms with E-state index in [4.69, 9.17) is 9.63 Å². The molecule has 0 saturated heterocycles. The van der Waals surface area contributed by atoms with E-state index in [1.165, 1.54) is 0 Å². The van der Waals surface area contributed by atoms with Crippen LogP contribution in [0.3, 0.4) is 0 Å². The summed E-state index contributed by atoms with van der Waals surface area (Å²) in [5.41, 5.74) is 1.15. The third kappa shape index (κ3) is 4.15. The van der Waals surface area contributed by atoms with Gasteiger partial charge in [-0.05, 0) is 12.1 Å². The van der Waals surface area contributed by atoms with Crippen LogP contribution >= 0.6 is 0 Å². The molecule has 19 heavy (non-hydrogen) atoms. The quantitative estimate of drug-likeness (QED) is 0.818. The van der Waals surface area contributed by atoms with Crippen LogP contribution < -0.4 is 0 Å². The number of aliphatic hydroxyl groups is 1. The second-order valence-corrected chi connectivity index (χ2v) is 4.36. The Morgan fingerprint density at radius 2 is 2.05 bits per heavy atom. The van der Waals surface area contributed by atoms with E-state index in [2.05, 4.69) is 15.0 Å². The van der Waals surface area contributed by atoms with Crippen molar-refractivity contribution in [1.82, 2.24) is 15.0 Å². The predicted octanol–water partition coefficient (Wildman–Crippen LogP) is 1.47.